The van der Waals surface area contributed by atoms with E-state index >= 15 is 0 Å². The van der Waals surface area contributed by atoms with Gasteiger partial charge in [-0.1, -0.05) is 92.2 Å². The number of hydrogen-bond donors (Lipinski definition) is 1. The minimum atomic E-state index is -0.0634. The van der Waals surface area contributed by atoms with Crippen molar-refractivity contribution in [1.82, 2.24) is 30.1 Å². The van der Waals surface area contributed by atoms with Crippen LogP contribution in [-0.4, -0.2) is 36.0 Å². The number of amides is 1. The largest absolute Gasteiger partial charge is 0.334 e. The summed E-state index contributed by atoms with van der Waals surface area (Å²) in [7, 11) is 0. The summed E-state index contributed by atoms with van der Waals surface area (Å²) in [5.41, 5.74) is 6.55. The van der Waals surface area contributed by atoms with Crippen LogP contribution >= 0.6 is 0 Å². The first-order valence-electron chi connectivity index (χ1n) is 14.0. The summed E-state index contributed by atoms with van der Waals surface area (Å²) in [6, 6.07) is 30.0. The minimum absolute atomic E-state index is 0.0514. The molecular weight excluding hydrogens is 512 g/mol. The van der Waals surface area contributed by atoms with Crippen molar-refractivity contribution in [2.75, 3.05) is 0 Å². The van der Waals surface area contributed by atoms with Crippen molar-refractivity contribution in [3.05, 3.63) is 124 Å². The molecule has 0 unspecified atom stereocenters. The third-order valence-corrected chi connectivity index (χ3v) is 7.27. The molecule has 0 spiro atoms. The number of aryl methyl sites for hydroxylation is 1. The fourth-order valence-electron chi connectivity index (χ4n) is 5.00. The van der Waals surface area contributed by atoms with Crippen molar-refractivity contribution in [2.24, 2.45) is 0 Å². The first-order valence-corrected chi connectivity index (χ1v) is 14.0. The van der Waals surface area contributed by atoms with E-state index in [2.05, 4.69) is 51.8 Å². The number of rotatable bonds is 11. The molecule has 0 bridgehead atoms. The zero-order valence-electron chi connectivity index (χ0n) is 23.5. The number of hydrogen-bond acceptors (Lipinski definition) is 5. The van der Waals surface area contributed by atoms with Crippen molar-refractivity contribution in [2.45, 2.75) is 52.7 Å². The van der Waals surface area contributed by atoms with E-state index in [1.54, 1.807) is 11.8 Å². The number of tetrazole rings is 1. The zero-order chi connectivity index (χ0) is 28.6. The van der Waals surface area contributed by atoms with Gasteiger partial charge < -0.3 is 9.47 Å². The number of aromatic amines is 1. The van der Waals surface area contributed by atoms with Crippen LogP contribution in [0.25, 0.3) is 22.5 Å². The van der Waals surface area contributed by atoms with Crippen molar-refractivity contribution >= 4 is 5.91 Å². The Kier molecular flexibility index (Phi) is 8.79. The van der Waals surface area contributed by atoms with E-state index in [1.165, 1.54) is 0 Å². The molecule has 3 aromatic carbocycles. The van der Waals surface area contributed by atoms with Crippen molar-refractivity contribution in [3.8, 4) is 22.5 Å². The lowest BCUT2D eigenvalue weighted by molar-refractivity contribution is -0.130. The number of carbonyl (C=O) groups excluding carboxylic acids is 1. The van der Waals surface area contributed by atoms with Gasteiger partial charge in [-0.25, -0.2) is 0 Å². The highest BCUT2D eigenvalue weighted by atomic mass is 16.2. The average molecular weight is 547 g/mol. The van der Waals surface area contributed by atoms with Crippen molar-refractivity contribution in [1.29, 1.82) is 0 Å². The Hall–Kier alpha value is -4.85. The molecule has 0 radical (unpaired) electrons. The van der Waals surface area contributed by atoms with Gasteiger partial charge in [0, 0.05) is 30.3 Å². The van der Waals surface area contributed by atoms with Gasteiger partial charge in [-0.3, -0.25) is 9.59 Å². The molecule has 0 aliphatic heterocycles. The summed E-state index contributed by atoms with van der Waals surface area (Å²) in [4.78, 5) is 28.1. The van der Waals surface area contributed by atoms with Gasteiger partial charge in [0.15, 0.2) is 0 Å². The smallest absolute Gasteiger partial charge is 0.256 e. The van der Waals surface area contributed by atoms with Crippen molar-refractivity contribution < 1.29 is 4.79 Å². The quantitative estimate of drug-likeness (QED) is 0.231. The van der Waals surface area contributed by atoms with E-state index in [4.69, 9.17) is 0 Å². The van der Waals surface area contributed by atoms with Crippen LogP contribution in [0.5, 0.6) is 0 Å². The lowest BCUT2D eigenvalue weighted by Crippen LogP contribution is -2.33. The van der Waals surface area contributed by atoms with Crippen LogP contribution in [0.15, 0.2) is 95.8 Å². The number of unbranched alkanes of at least 4 members (excludes halogenated alkanes) is 1. The van der Waals surface area contributed by atoms with Gasteiger partial charge in [0.05, 0.1) is 13.1 Å². The van der Waals surface area contributed by atoms with Crippen LogP contribution in [0.3, 0.4) is 0 Å². The number of carbonyl (C=O) groups is 1. The molecule has 2 aromatic heterocycles. The Labute approximate surface area is 239 Å². The molecule has 41 heavy (non-hydrogen) atoms. The van der Waals surface area contributed by atoms with Gasteiger partial charge in [0.25, 0.3) is 5.56 Å². The molecule has 8 heteroatoms. The third-order valence-electron chi connectivity index (χ3n) is 7.27. The van der Waals surface area contributed by atoms with Crippen LogP contribution < -0.4 is 5.56 Å². The molecule has 1 amide bonds. The van der Waals surface area contributed by atoms with Crippen LogP contribution in [0.2, 0.25) is 0 Å². The lowest BCUT2D eigenvalue weighted by Gasteiger charge is -2.22. The summed E-state index contributed by atoms with van der Waals surface area (Å²) >= 11 is 0. The molecule has 208 valence electrons. The van der Waals surface area contributed by atoms with E-state index < -0.39 is 0 Å². The van der Waals surface area contributed by atoms with Gasteiger partial charge in [0.2, 0.25) is 11.7 Å². The molecule has 5 aromatic rings. The molecule has 0 atom stereocenters. The fourth-order valence-corrected chi connectivity index (χ4v) is 5.00. The second-order valence-electron chi connectivity index (χ2n) is 10.2. The summed E-state index contributed by atoms with van der Waals surface area (Å²) in [6.07, 6.45) is 2.86. The Morgan fingerprint density at radius 3 is 2.27 bits per heavy atom. The molecule has 0 aliphatic carbocycles. The normalized spacial score (nSPS) is 11.0. The van der Waals surface area contributed by atoms with Gasteiger partial charge in [0.1, 0.15) is 0 Å². The minimum Gasteiger partial charge on any atom is -0.334 e. The maximum atomic E-state index is 13.8. The average Bonchev–Trinajstić information content (AvgIpc) is 3.54. The SMILES string of the molecule is CCCCc1ccc(CN(Cc2ccccc2)C(C)=O)c(=O)n1Cc1ccc(-c2ccccc2-c2nn[nH]n2)cc1. The summed E-state index contributed by atoms with van der Waals surface area (Å²) in [6.45, 7) is 4.88. The van der Waals surface area contributed by atoms with Gasteiger partial charge >= 0.3 is 0 Å². The Morgan fingerprint density at radius 2 is 1.59 bits per heavy atom. The highest BCUT2D eigenvalue weighted by Gasteiger charge is 2.16. The molecule has 0 fully saturated rings. The molecule has 0 aliphatic rings. The highest BCUT2D eigenvalue weighted by molar-refractivity contribution is 5.80. The number of nitrogens with zero attached hydrogens (tertiary/aromatic N) is 5. The van der Waals surface area contributed by atoms with Gasteiger partial charge in [-0.05, 0) is 52.4 Å². The summed E-state index contributed by atoms with van der Waals surface area (Å²) in [5.74, 6) is 0.479. The summed E-state index contributed by atoms with van der Waals surface area (Å²) < 4.78 is 1.87. The molecule has 0 saturated heterocycles. The highest BCUT2D eigenvalue weighted by Crippen LogP contribution is 2.29. The van der Waals surface area contributed by atoms with E-state index in [-0.39, 0.29) is 18.0 Å². The molecule has 8 nitrogen and oxygen atoms in total. The second-order valence-corrected chi connectivity index (χ2v) is 10.2. The topological polar surface area (TPSA) is 96.8 Å². The summed E-state index contributed by atoms with van der Waals surface area (Å²) in [5, 5.41) is 14.5. The van der Waals surface area contributed by atoms with Crippen LogP contribution in [0.4, 0.5) is 0 Å². The van der Waals surface area contributed by atoms with Crippen LogP contribution in [-0.2, 0) is 30.8 Å². The predicted molar refractivity (Wildman–Crippen MR) is 160 cm³/mol. The van der Waals surface area contributed by atoms with E-state index in [9.17, 15) is 9.59 Å². The first-order chi connectivity index (χ1) is 20.0. The Bertz CT molecular complexity index is 1640. The maximum Gasteiger partial charge on any atom is 0.256 e. The van der Waals surface area contributed by atoms with E-state index in [0.29, 0.717) is 24.5 Å². The number of nitrogens with one attached hydrogen (secondary N) is 1. The Morgan fingerprint density at radius 1 is 0.854 bits per heavy atom. The van der Waals surface area contributed by atoms with E-state index in [1.807, 2.05) is 71.3 Å². The standard InChI is InChI=1S/C33H34N6O2/c1-3-4-12-29-20-19-28(23-38(24(2)40)21-25-10-6-5-7-11-25)33(41)39(29)22-26-15-17-27(18-16-26)30-13-8-9-14-31(30)32-34-36-37-35-32/h5-11,13-20H,3-4,12,21-23H2,1-2H3,(H,34,35,36,37). The molecule has 1 N–H and O–H groups in total. The Balaban J connectivity index is 1.42. The zero-order valence-corrected chi connectivity index (χ0v) is 23.5. The number of H-pyrrole nitrogens is 1. The van der Waals surface area contributed by atoms with Crippen molar-refractivity contribution in [3.63, 3.8) is 0 Å². The third kappa shape index (κ3) is 6.66. The van der Waals surface area contributed by atoms with E-state index in [0.717, 1.165) is 52.8 Å². The molecule has 5 rings (SSSR count). The van der Waals surface area contributed by atoms with Gasteiger partial charge in [-0.15, -0.1) is 10.2 Å². The lowest BCUT2D eigenvalue weighted by atomic mass is 9.98. The predicted octanol–water partition coefficient (Wildman–Crippen LogP) is 5.64. The molecular formula is C33H34N6O2. The van der Waals surface area contributed by atoms with Crippen LogP contribution in [0.1, 0.15) is 49.1 Å². The number of aromatic nitrogens is 5. The first kappa shape index (κ1) is 27.7. The van der Waals surface area contributed by atoms with Crippen LogP contribution in [0, 0.1) is 0 Å². The number of benzene rings is 3. The maximum absolute atomic E-state index is 13.8. The molecule has 2 heterocycles. The fraction of sp³-hybridized carbons (Fsp3) is 0.242. The second kappa shape index (κ2) is 13.0. The number of pyridine rings is 1. The van der Waals surface area contributed by atoms with Gasteiger partial charge in [-0.2, -0.15) is 5.21 Å². The monoisotopic (exact) mass is 546 g/mol. The molecule has 0 saturated carbocycles.